The van der Waals surface area contributed by atoms with Crippen LogP contribution >= 0.6 is 0 Å². The SMILES string of the molecule is Cn1c(NCc2cccc(C(F)(F)F)c2)nc2c(C#N)cccc21. The molecule has 3 rings (SSSR count). The van der Waals surface area contributed by atoms with Gasteiger partial charge in [0.15, 0.2) is 0 Å². The van der Waals surface area contributed by atoms with Gasteiger partial charge in [-0.3, -0.25) is 0 Å². The third-order valence-electron chi connectivity index (χ3n) is 3.74. The topological polar surface area (TPSA) is 53.6 Å². The standard InChI is InChI=1S/C17H13F3N4/c1-24-14-7-3-5-12(9-21)15(14)23-16(24)22-10-11-4-2-6-13(8-11)17(18,19)20/h2-8H,10H2,1H3,(H,22,23). The minimum atomic E-state index is -4.37. The summed E-state index contributed by atoms with van der Waals surface area (Å²) in [5.41, 5.74) is 1.61. The smallest absolute Gasteiger partial charge is 0.352 e. The van der Waals surface area contributed by atoms with Crippen molar-refractivity contribution in [3.8, 4) is 6.07 Å². The summed E-state index contributed by atoms with van der Waals surface area (Å²) in [5, 5.41) is 12.1. The normalized spacial score (nSPS) is 11.5. The van der Waals surface area contributed by atoms with Gasteiger partial charge in [-0.1, -0.05) is 18.2 Å². The molecule has 0 saturated carbocycles. The molecule has 122 valence electrons. The van der Waals surface area contributed by atoms with E-state index in [2.05, 4.69) is 16.4 Å². The number of rotatable bonds is 3. The molecule has 0 aliphatic carbocycles. The molecule has 0 saturated heterocycles. The van der Waals surface area contributed by atoms with Crippen LogP contribution in [0.25, 0.3) is 11.0 Å². The van der Waals surface area contributed by atoms with Gasteiger partial charge in [0.1, 0.15) is 11.6 Å². The number of alkyl halides is 3. The molecule has 1 aromatic heterocycles. The summed E-state index contributed by atoms with van der Waals surface area (Å²) in [6, 6.07) is 12.5. The fourth-order valence-corrected chi connectivity index (χ4v) is 2.50. The number of imidazole rings is 1. The van der Waals surface area contributed by atoms with Gasteiger partial charge in [0, 0.05) is 13.6 Å². The van der Waals surface area contributed by atoms with E-state index in [0.29, 0.717) is 22.6 Å². The molecule has 24 heavy (non-hydrogen) atoms. The first-order valence-electron chi connectivity index (χ1n) is 7.15. The Morgan fingerprint density at radius 2 is 1.96 bits per heavy atom. The van der Waals surface area contributed by atoms with Crippen LogP contribution in [0.5, 0.6) is 0 Å². The highest BCUT2D eigenvalue weighted by Gasteiger charge is 2.30. The van der Waals surface area contributed by atoms with E-state index in [0.717, 1.165) is 17.6 Å². The van der Waals surface area contributed by atoms with Crippen molar-refractivity contribution in [1.29, 1.82) is 5.26 Å². The lowest BCUT2D eigenvalue weighted by molar-refractivity contribution is -0.137. The molecule has 0 aliphatic heterocycles. The van der Waals surface area contributed by atoms with E-state index in [9.17, 15) is 13.2 Å². The predicted molar refractivity (Wildman–Crippen MR) is 84.2 cm³/mol. The van der Waals surface area contributed by atoms with Crippen molar-refractivity contribution in [2.24, 2.45) is 7.05 Å². The third-order valence-corrected chi connectivity index (χ3v) is 3.74. The number of anilines is 1. The summed E-state index contributed by atoms with van der Waals surface area (Å²) in [7, 11) is 1.78. The quantitative estimate of drug-likeness (QED) is 0.787. The lowest BCUT2D eigenvalue weighted by Crippen LogP contribution is -2.08. The van der Waals surface area contributed by atoms with Gasteiger partial charge in [0.05, 0.1) is 16.6 Å². The molecule has 0 bridgehead atoms. The Morgan fingerprint density at radius 1 is 1.21 bits per heavy atom. The fourth-order valence-electron chi connectivity index (χ4n) is 2.50. The second kappa shape index (κ2) is 5.89. The van der Waals surface area contributed by atoms with Crippen LogP contribution < -0.4 is 5.32 Å². The maximum Gasteiger partial charge on any atom is 0.416 e. The van der Waals surface area contributed by atoms with Crippen molar-refractivity contribution in [2.75, 3.05) is 5.32 Å². The van der Waals surface area contributed by atoms with Gasteiger partial charge in [-0.05, 0) is 29.8 Å². The van der Waals surface area contributed by atoms with E-state index in [4.69, 9.17) is 5.26 Å². The Morgan fingerprint density at radius 3 is 2.67 bits per heavy atom. The molecule has 4 nitrogen and oxygen atoms in total. The molecule has 0 amide bonds. The lowest BCUT2D eigenvalue weighted by atomic mass is 10.1. The van der Waals surface area contributed by atoms with Gasteiger partial charge >= 0.3 is 6.18 Å². The maximum atomic E-state index is 12.8. The monoisotopic (exact) mass is 330 g/mol. The number of benzene rings is 2. The number of aromatic nitrogens is 2. The van der Waals surface area contributed by atoms with E-state index in [1.54, 1.807) is 29.8 Å². The first-order chi connectivity index (χ1) is 11.4. The van der Waals surface area contributed by atoms with E-state index in [-0.39, 0.29) is 6.54 Å². The third kappa shape index (κ3) is 2.91. The molecule has 1 heterocycles. The number of aryl methyl sites for hydroxylation is 1. The Balaban J connectivity index is 1.87. The first kappa shape index (κ1) is 15.9. The fraction of sp³-hybridized carbons (Fsp3) is 0.176. The molecule has 0 atom stereocenters. The molecular formula is C17H13F3N4. The minimum Gasteiger partial charge on any atom is -0.352 e. The van der Waals surface area contributed by atoms with Gasteiger partial charge in [-0.15, -0.1) is 0 Å². The second-order valence-electron chi connectivity index (χ2n) is 5.33. The average molecular weight is 330 g/mol. The van der Waals surface area contributed by atoms with Crippen LogP contribution in [0, 0.1) is 11.3 Å². The summed E-state index contributed by atoms with van der Waals surface area (Å²) in [4.78, 5) is 4.38. The van der Waals surface area contributed by atoms with Gasteiger partial charge < -0.3 is 9.88 Å². The van der Waals surface area contributed by atoms with Crippen molar-refractivity contribution >= 4 is 17.0 Å². The van der Waals surface area contributed by atoms with Crippen LogP contribution in [0.15, 0.2) is 42.5 Å². The van der Waals surface area contributed by atoms with Gasteiger partial charge in [0.2, 0.25) is 5.95 Å². The average Bonchev–Trinajstić information content (AvgIpc) is 2.89. The molecule has 0 radical (unpaired) electrons. The highest BCUT2D eigenvalue weighted by atomic mass is 19.4. The zero-order chi connectivity index (χ0) is 17.3. The molecule has 7 heteroatoms. The van der Waals surface area contributed by atoms with Crippen LogP contribution in [0.1, 0.15) is 16.7 Å². The molecule has 0 fully saturated rings. The first-order valence-corrected chi connectivity index (χ1v) is 7.15. The zero-order valence-electron chi connectivity index (χ0n) is 12.7. The Kier molecular flexibility index (Phi) is 3.89. The highest BCUT2D eigenvalue weighted by Crippen LogP contribution is 2.29. The zero-order valence-corrected chi connectivity index (χ0v) is 12.7. The maximum absolute atomic E-state index is 12.8. The van der Waals surface area contributed by atoms with Crippen molar-refractivity contribution in [2.45, 2.75) is 12.7 Å². The molecule has 0 unspecified atom stereocenters. The number of hydrogen-bond donors (Lipinski definition) is 1. The molecule has 0 aliphatic rings. The van der Waals surface area contributed by atoms with Gasteiger partial charge in [0.25, 0.3) is 0 Å². The van der Waals surface area contributed by atoms with Crippen LogP contribution in [-0.2, 0) is 19.8 Å². The van der Waals surface area contributed by atoms with Crippen LogP contribution in [0.2, 0.25) is 0 Å². The Bertz CT molecular complexity index is 935. The Hall–Kier alpha value is -3.01. The molecular weight excluding hydrogens is 317 g/mol. The molecule has 2 aromatic carbocycles. The number of para-hydroxylation sites is 1. The number of nitriles is 1. The van der Waals surface area contributed by atoms with Crippen molar-refractivity contribution < 1.29 is 13.2 Å². The molecule has 3 aromatic rings. The molecule has 0 spiro atoms. The highest BCUT2D eigenvalue weighted by molar-refractivity contribution is 5.84. The van der Waals surface area contributed by atoms with Gasteiger partial charge in [-0.25, -0.2) is 4.98 Å². The van der Waals surface area contributed by atoms with Crippen LogP contribution in [-0.4, -0.2) is 9.55 Å². The summed E-state index contributed by atoms with van der Waals surface area (Å²) < 4.78 is 40.0. The van der Waals surface area contributed by atoms with Crippen LogP contribution in [0.3, 0.4) is 0 Å². The number of nitrogens with zero attached hydrogens (tertiary/aromatic N) is 3. The minimum absolute atomic E-state index is 0.197. The summed E-state index contributed by atoms with van der Waals surface area (Å²) in [6.07, 6.45) is -4.37. The summed E-state index contributed by atoms with van der Waals surface area (Å²) >= 11 is 0. The van der Waals surface area contributed by atoms with Crippen molar-refractivity contribution in [3.05, 3.63) is 59.2 Å². The number of hydrogen-bond acceptors (Lipinski definition) is 3. The number of fused-ring (bicyclic) bond motifs is 1. The molecule has 1 N–H and O–H groups in total. The van der Waals surface area contributed by atoms with Crippen molar-refractivity contribution in [3.63, 3.8) is 0 Å². The van der Waals surface area contributed by atoms with E-state index in [1.165, 1.54) is 6.07 Å². The van der Waals surface area contributed by atoms with Crippen LogP contribution in [0.4, 0.5) is 19.1 Å². The lowest BCUT2D eigenvalue weighted by Gasteiger charge is -2.10. The summed E-state index contributed by atoms with van der Waals surface area (Å²) in [5.74, 6) is 0.491. The number of halogens is 3. The van der Waals surface area contributed by atoms with Crippen molar-refractivity contribution in [1.82, 2.24) is 9.55 Å². The van der Waals surface area contributed by atoms with E-state index < -0.39 is 11.7 Å². The number of nitrogens with one attached hydrogen (secondary N) is 1. The predicted octanol–water partition coefficient (Wildman–Crippen LogP) is 4.08. The van der Waals surface area contributed by atoms with Gasteiger partial charge in [-0.2, -0.15) is 18.4 Å². The second-order valence-corrected chi connectivity index (χ2v) is 5.33. The largest absolute Gasteiger partial charge is 0.416 e. The summed E-state index contributed by atoms with van der Waals surface area (Å²) in [6.45, 7) is 0.197. The van der Waals surface area contributed by atoms with E-state index >= 15 is 0 Å². The van der Waals surface area contributed by atoms with E-state index in [1.807, 2.05) is 6.07 Å². The Labute approximate surface area is 136 Å².